The number of aryl methyl sites for hydroxylation is 2. The fraction of sp³-hybridized carbons (Fsp3) is 0.182. The second kappa shape index (κ2) is 10.6. The third kappa shape index (κ3) is 6.17. The maximum Gasteiger partial charge on any atom is 0.340 e. The van der Waals surface area contributed by atoms with Crippen molar-refractivity contribution in [2.24, 2.45) is 7.05 Å². The van der Waals surface area contributed by atoms with E-state index in [4.69, 9.17) is 4.74 Å². The number of hydrogen-bond acceptors (Lipinski definition) is 6. The molecule has 0 fully saturated rings. The Bertz CT molecular complexity index is 1150. The summed E-state index contributed by atoms with van der Waals surface area (Å²) in [6.45, 7) is 1.12. The molecule has 0 saturated carbocycles. The van der Waals surface area contributed by atoms with Crippen molar-refractivity contribution in [2.45, 2.75) is 12.1 Å². The second-order valence-electron chi connectivity index (χ2n) is 6.81. The molecule has 2 amide bonds. The number of nitrogens with one attached hydrogen (secondary N) is 2. The van der Waals surface area contributed by atoms with E-state index in [2.05, 4.69) is 15.6 Å². The molecule has 3 rings (SSSR count). The van der Waals surface area contributed by atoms with E-state index in [1.54, 1.807) is 48.1 Å². The minimum Gasteiger partial charge on any atom is -0.452 e. The molecule has 0 bridgehead atoms. The second-order valence-corrected chi connectivity index (χ2v) is 7.75. The van der Waals surface area contributed by atoms with Gasteiger partial charge in [0.25, 0.3) is 5.91 Å². The summed E-state index contributed by atoms with van der Waals surface area (Å²) in [6, 6.07) is 10.7. The third-order valence-corrected chi connectivity index (χ3v) is 5.32. The summed E-state index contributed by atoms with van der Waals surface area (Å²) in [5.41, 5.74) is 1.06. The molecule has 0 spiro atoms. The normalized spacial score (nSPS) is 10.5. The summed E-state index contributed by atoms with van der Waals surface area (Å²) in [5.74, 6) is -2.29. The Morgan fingerprint density at radius 2 is 1.84 bits per heavy atom. The van der Waals surface area contributed by atoms with Crippen molar-refractivity contribution < 1.29 is 23.5 Å². The minimum atomic E-state index is -0.794. The summed E-state index contributed by atoms with van der Waals surface area (Å²) in [7, 11) is 1.82. The van der Waals surface area contributed by atoms with Crippen LogP contribution in [-0.4, -0.2) is 39.7 Å². The molecule has 166 valence electrons. The van der Waals surface area contributed by atoms with E-state index in [1.807, 2.05) is 7.05 Å². The predicted octanol–water partition coefficient (Wildman–Crippen LogP) is 3.39. The molecule has 0 unspecified atom stereocenters. The molecule has 8 nitrogen and oxygen atoms in total. The molecular formula is C22H21FN4O4S. The molecule has 0 radical (unpaired) electrons. The van der Waals surface area contributed by atoms with Crippen LogP contribution in [0.1, 0.15) is 15.9 Å². The minimum absolute atomic E-state index is 0.00507. The number of imidazole rings is 1. The van der Waals surface area contributed by atoms with Gasteiger partial charge in [0.05, 0.1) is 22.7 Å². The van der Waals surface area contributed by atoms with Gasteiger partial charge in [-0.15, -0.1) is 0 Å². The Labute approximate surface area is 188 Å². The maximum absolute atomic E-state index is 13.9. The summed E-state index contributed by atoms with van der Waals surface area (Å²) < 4.78 is 20.7. The number of nitrogens with zero attached hydrogens (tertiary/aromatic N) is 2. The molecule has 1 aromatic heterocycles. The highest BCUT2D eigenvalue weighted by Crippen LogP contribution is 2.19. The first kappa shape index (κ1) is 23.0. The van der Waals surface area contributed by atoms with Crippen molar-refractivity contribution in [1.29, 1.82) is 0 Å². The van der Waals surface area contributed by atoms with E-state index in [0.29, 0.717) is 10.7 Å². The molecule has 1 heterocycles. The summed E-state index contributed by atoms with van der Waals surface area (Å²) in [4.78, 5) is 40.9. The standard InChI is InChI=1S/C22H21FN4O4S/c1-14-7-8-18(16(23)11-14)26-19(28)12-31-21(30)15-5-3-4-6-17(15)25-20(29)13-32-22-24-9-10-27(22)2/h3-11H,12-13H2,1-2H3,(H,25,29)(H,26,28). The van der Waals surface area contributed by atoms with E-state index in [-0.39, 0.29) is 28.6 Å². The van der Waals surface area contributed by atoms with E-state index in [1.165, 1.54) is 30.0 Å². The summed E-state index contributed by atoms with van der Waals surface area (Å²) in [6.07, 6.45) is 3.41. The number of ether oxygens (including phenoxy) is 1. The zero-order chi connectivity index (χ0) is 23.1. The highest BCUT2D eigenvalue weighted by molar-refractivity contribution is 7.99. The lowest BCUT2D eigenvalue weighted by molar-refractivity contribution is -0.119. The monoisotopic (exact) mass is 456 g/mol. The van der Waals surface area contributed by atoms with Crippen LogP contribution in [0.2, 0.25) is 0 Å². The van der Waals surface area contributed by atoms with Gasteiger partial charge >= 0.3 is 5.97 Å². The summed E-state index contributed by atoms with van der Waals surface area (Å²) >= 11 is 1.25. The van der Waals surface area contributed by atoms with Gasteiger partial charge in [0.15, 0.2) is 11.8 Å². The molecule has 2 N–H and O–H groups in total. The Balaban J connectivity index is 1.55. The van der Waals surface area contributed by atoms with Crippen LogP contribution >= 0.6 is 11.8 Å². The number of carbonyl (C=O) groups is 3. The van der Waals surface area contributed by atoms with Gasteiger partial charge in [-0.1, -0.05) is 30.0 Å². The van der Waals surface area contributed by atoms with Crippen molar-refractivity contribution in [1.82, 2.24) is 9.55 Å². The number of carbonyl (C=O) groups excluding carboxylic acids is 3. The third-order valence-electron chi connectivity index (χ3n) is 4.26. The number of benzene rings is 2. The van der Waals surface area contributed by atoms with Crippen molar-refractivity contribution in [3.05, 3.63) is 71.8 Å². The number of amides is 2. The zero-order valence-corrected chi connectivity index (χ0v) is 18.2. The first-order valence-corrected chi connectivity index (χ1v) is 10.5. The van der Waals surface area contributed by atoms with Crippen molar-refractivity contribution in [3.8, 4) is 0 Å². The van der Waals surface area contributed by atoms with Gasteiger partial charge in [-0.25, -0.2) is 14.2 Å². The fourth-order valence-corrected chi connectivity index (χ4v) is 3.43. The zero-order valence-electron chi connectivity index (χ0n) is 17.4. The number of thioether (sulfide) groups is 1. The number of halogens is 1. The molecule has 0 atom stereocenters. The van der Waals surface area contributed by atoms with E-state index in [9.17, 15) is 18.8 Å². The van der Waals surface area contributed by atoms with Gasteiger partial charge in [-0.2, -0.15) is 0 Å². The number of hydrogen-bond donors (Lipinski definition) is 2. The van der Waals surface area contributed by atoms with E-state index < -0.39 is 24.3 Å². The Morgan fingerprint density at radius 3 is 2.56 bits per heavy atom. The maximum atomic E-state index is 13.9. The number of rotatable bonds is 8. The number of anilines is 2. The Hall–Kier alpha value is -3.66. The Morgan fingerprint density at radius 1 is 1.09 bits per heavy atom. The predicted molar refractivity (Wildman–Crippen MR) is 119 cm³/mol. The van der Waals surface area contributed by atoms with Crippen LogP contribution in [0, 0.1) is 12.7 Å². The van der Waals surface area contributed by atoms with Crippen LogP contribution in [0.5, 0.6) is 0 Å². The first-order chi connectivity index (χ1) is 15.3. The van der Waals surface area contributed by atoms with Crippen LogP contribution in [0.15, 0.2) is 60.0 Å². The SMILES string of the molecule is Cc1ccc(NC(=O)COC(=O)c2ccccc2NC(=O)CSc2nccn2C)c(F)c1. The molecule has 0 aliphatic carbocycles. The van der Waals surface area contributed by atoms with Crippen molar-refractivity contribution >= 4 is 40.9 Å². The lowest BCUT2D eigenvalue weighted by Crippen LogP contribution is -2.22. The molecule has 2 aromatic carbocycles. The van der Waals surface area contributed by atoms with E-state index in [0.717, 1.165) is 0 Å². The number of para-hydroxylation sites is 1. The van der Waals surface area contributed by atoms with E-state index >= 15 is 0 Å². The quantitative estimate of drug-likeness (QED) is 0.398. The van der Waals surface area contributed by atoms with Crippen LogP contribution in [0.25, 0.3) is 0 Å². The number of esters is 1. The molecule has 0 saturated heterocycles. The first-order valence-electron chi connectivity index (χ1n) is 9.55. The average molecular weight is 456 g/mol. The topological polar surface area (TPSA) is 102 Å². The fourth-order valence-electron chi connectivity index (χ4n) is 2.69. The van der Waals surface area contributed by atoms with Gasteiger partial charge in [-0.05, 0) is 36.8 Å². The van der Waals surface area contributed by atoms with Crippen LogP contribution in [0.3, 0.4) is 0 Å². The molecule has 0 aliphatic rings. The summed E-state index contributed by atoms with van der Waals surface area (Å²) in [5, 5.41) is 5.70. The smallest absolute Gasteiger partial charge is 0.340 e. The molecule has 32 heavy (non-hydrogen) atoms. The van der Waals surface area contributed by atoms with Gasteiger partial charge in [0.1, 0.15) is 5.82 Å². The van der Waals surface area contributed by atoms with Gasteiger partial charge < -0.3 is 19.9 Å². The van der Waals surface area contributed by atoms with Crippen molar-refractivity contribution in [3.63, 3.8) is 0 Å². The lowest BCUT2D eigenvalue weighted by atomic mass is 10.2. The highest BCUT2D eigenvalue weighted by Gasteiger charge is 2.17. The van der Waals surface area contributed by atoms with Gasteiger partial charge in [0.2, 0.25) is 5.91 Å². The van der Waals surface area contributed by atoms with Gasteiger partial charge in [-0.3, -0.25) is 9.59 Å². The van der Waals surface area contributed by atoms with Crippen LogP contribution in [0.4, 0.5) is 15.8 Å². The van der Waals surface area contributed by atoms with Crippen molar-refractivity contribution in [2.75, 3.05) is 23.0 Å². The Kier molecular flexibility index (Phi) is 7.61. The molecule has 10 heteroatoms. The average Bonchev–Trinajstić information content (AvgIpc) is 3.17. The highest BCUT2D eigenvalue weighted by atomic mass is 32.2. The lowest BCUT2D eigenvalue weighted by Gasteiger charge is -2.11. The van der Waals surface area contributed by atoms with Crippen LogP contribution < -0.4 is 10.6 Å². The largest absolute Gasteiger partial charge is 0.452 e. The van der Waals surface area contributed by atoms with Gasteiger partial charge in [0, 0.05) is 19.4 Å². The molecule has 0 aliphatic heterocycles. The molecule has 3 aromatic rings. The molecular weight excluding hydrogens is 435 g/mol. The van der Waals surface area contributed by atoms with Crippen LogP contribution in [-0.2, 0) is 21.4 Å². The number of aromatic nitrogens is 2.